The Morgan fingerprint density at radius 3 is 2.44 bits per heavy atom. The predicted octanol–water partition coefficient (Wildman–Crippen LogP) is 1.45. The van der Waals surface area contributed by atoms with Crippen molar-refractivity contribution in [3.63, 3.8) is 0 Å². The van der Waals surface area contributed by atoms with Crippen molar-refractivity contribution >= 4 is 5.97 Å². The summed E-state index contributed by atoms with van der Waals surface area (Å²) < 4.78 is 5.58. The third-order valence-corrected chi connectivity index (χ3v) is 5.76. The average molecular weight is 255 g/mol. The van der Waals surface area contributed by atoms with Gasteiger partial charge in [-0.3, -0.25) is 4.79 Å². The normalized spacial score (nSPS) is 40.6. The van der Waals surface area contributed by atoms with E-state index in [2.05, 4.69) is 20.8 Å². The fourth-order valence-corrected chi connectivity index (χ4v) is 3.72. The smallest absolute Gasteiger partial charge is 0.325 e. The highest BCUT2D eigenvalue weighted by Crippen LogP contribution is 2.66. The Bertz CT molecular complexity index is 353. The van der Waals surface area contributed by atoms with E-state index in [0.717, 1.165) is 12.8 Å². The molecule has 0 radical (unpaired) electrons. The van der Waals surface area contributed by atoms with Crippen LogP contribution >= 0.6 is 0 Å². The standard InChI is InChI=1S/C14H25NO3/c1-8(16)11(15)12(17)18-10-7-9-5-6-14(10,4)13(9,2)3/h8-11,16H,5-7,15H2,1-4H3. The lowest BCUT2D eigenvalue weighted by Crippen LogP contribution is -2.46. The van der Waals surface area contributed by atoms with Crippen molar-refractivity contribution in [3.8, 4) is 0 Å². The van der Waals surface area contributed by atoms with E-state index in [9.17, 15) is 9.90 Å². The molecular weight excluding hydrogens is 230 g/mol. The van der Waals surface area contributed by atoms with E-state index in [1.807, 2.05) is 0 Å². The van der Waals surface area contributed by atoms with Crippen LogP contribution in [0.15, 0.2) is 0 Å². The lowest BCUT2D eigenvalue weighted by atomic mass is 9.70. The molecule has 4 nitrogen and oxygen atoms in total. The number of aliphatic hydroxyl groups excluding tert-OH is 1. The second-order valence-electron chi connectivity index (χ2n) is 6.80. The van der Waals surface area contributed by atoms with Crippen molar-refractivity contribution < 1.29 is 14.6 Å². The van der Waals surface area contributed by atoms with Crippen LogP contribution in [0.1, 0.15) is 47.0 Å². The van der Waals surface area contributed by atoms with E-state index in [0.29, 0.717) is 5.92 Å². The van der Waals surface area contributed by atoms with Crippen molar-refractivity contribution in [2.24, 2.45) is 22.5 Å². The van der Waals surface area contributed by atoms with Crippen molar-refractivity contribution in [2.75, 3.05) is 0 Å². The molecule has 3 N–H and O–H groups in total. The van der Waals surface area contributed by atoms with E-state index < -0.39 is 18.1 Å². The average Bonchev–Trinajstić information content (AvgIpc) is 2.60. The summed E-state index contributed by atoms with van der Waals surface area (Å²) in [7, 11) is 0. The molecule has 0 aromatic rings. The first-order valence-electron chi connectivity index (χ1n) is 6.84. The number of fused-ring (bicyclic) bond motifs is 2. The Kier molecular flexibility index (Phi) is 3.23. The van der Waals surface area contributed by atoms with E-state index >= 15 is 0 Å². The van der Waals surface area contributed by atoms with Crippen LogP contribution in [0.25, 0.3) is 0 Å². The number of hydrogen-bond acceptors (Lipinski definition) is 4. The monoisotopic (exact) mass is 255 g/mol. The van der Waals surface area contributed by atoms with Gasteiger partial charge in [0.1, 0.15) is 12.1 Å². The molecule has 0 heterocycles. The van der Waals surface area contributed by atoms with Crippen LogP contribution < -0.4 is 5.73 Å². The fourth-order valence-electron chi connectivity index (χ4n) is 3.72. The number of carbonyl (C=O) groups is 1. The number of esters is 1. The largest absolute Gasteiger partial charge is 0.461 e. The summed E-state index contributed by atoms with van der Waals surface area (Å²) in [5.74, 6) is 0.155. The molecule has 0 aromatic carbocycles. The lowest BCUT2D eigenvalue weighted by molar-refractivity contribution is -0.160. The molecule has 5 unspecified atom stereocenters. The van der Waals surface area contributed by atoms with Gasteiger partial charge in [-0.2, -0.15) is 0 Å². The number of carbonyl (C=O) groups excluding carboxylic acids is 1. The molecule has 2 aliphatic carbocycles. The number of rotatable bonds is 3. The number of ether oxygens (including phenoxy) is 1. The molecule has 4 heteroatoms. The second kappa shape index (κ2) is 4.20. The molecule has 0 spiro atoms. The molecule has 2 fully saturated rings. The summed E-state index contributed by atoms with van der Waals surface area (Å²) in [6.07, 6.45) is 2.34. The molecule has 18 heavy (non-hydrogen) atoms. The van der Waals surface area contributed by atoms with Gasteiger partial charge in [0.15, 0.2) is 0 Å². The molecule has 0 amide bonds. The second-order valence-corrected chi connectivity index (χ2v) is 6.80. The third kappa shape index (κ3) is 1.77. The summed E-state index contributed by atoms with van der Waals surface area (Å²) in [6.45, 7) is 8.27. The zero-order valence-electron chi connectivity index (χ0n) is 11.8. The van der Waals surface area contributed by atoms with Gasteiger partial charge in [0.25, 0.3) is 0 Å². The van der Waals surface area contributed by atoms with E-state index in [-0.39, 0.29) is 16.9 Å². The predicted molar refractivity (Wildman–Crippen MR) is 68.8 cm³/mol. The summed E-state index contributed by atoms with van der Waals surface area (Å²) in [4.78, 5) is 11.9. The maximum Gasteiger partial charge on any atom is 0.325 e. The molecule has 104 valence electrons. The molecule has 2 aliphatic rings. The first-order chi connectivity index (χ1) is 8.20. The molecule has 2 rings (SSSR count). The molecule has 0 aromatic heterocycles. The fraction of sp³-hybridized carbons (Fsp3) is 0.929. The molecule has 2 saturated carbocycles. The van der Waals surface area contributed by atoms with Gasteiger partial charge in [-0.25, -0.2) is 0 Å². The summed E-state index contributed by atoms with van der Waals surface area (Å²) in [5, 5.41) is 9.34. The highest BCUT2D eigenvalue weighted by Gasteiger charge is 2.63. The van der Waals surface area contributed by atoms with Crippen LogP contribution in [0.3, 0.4) is 0 Å². The van der Waals surface area contributed by atoms with Gasteiger partial charge >= 0.3 is 5.97 Å². The first kappa shape index (κ1) is 13.8. The van der Waals surface area contributed by atoms with Crippen LogP contribution in [-0.2, 0) is 9.53 Å². The summed E-state index contributed by atoms with van der Waals surface area (Å²) >= 11 is 0. The molecular formula is C14H25NO3. The minimum Gasteiger partial charge on any atom is -0.461 e. The van der Waals surface area contributed by atoms with Crippen LogP contribution in [0.5, 0.6) is 0 Å². The Hall–Kier alpha value is -0.610. The number of aliphatic hydroxyl groups is 1. The van der Waals surface area contributed by atoms with Gasteiger partial charge in [-0.1, -0.05) is 20.8 Å². The van der Waals surface area contributed by atoms with Gasteiger partial charge in [-0.15, -0.1) is 0 Å². The van der Waals surface area contributed by atoms with Crippen LogP contribution in [-0.4, -0.2) is 29.3 Å². The molecule has 0 aliphatic heterocycles. The maximum absolute atomic E-state index is 11.9. The van der Waals surface area contributed by atoms with Crippen LogP contribution in [0.2, 0.25) is 0 Å². The quantitative estimate of drug-likeness (QED) is 0.749. The summed E-state index contributed by atoms with van der Waals surface area (Å²) in [5.41, 5.74) is 5.88. The first-order valence-corrected chi connectivity index (χ1v) is 6.84. The van der Waals surface area contributed by atoms with Gasteiger partial charge in [0.2, 0.25) is 0 Å². The lowest BCUT2D eigenvalue weighted by Gasteiger charge is -2.38. The SMILES string of the molecule is CC(O)C(N)C(=O)OC1CC2CCC1(C)C2(C)C. The maximum atomic E-state index is 11.9. The van der Waals surface area contributed by atoms with Crippen molar-refractivity contribution in [2.45, 2.75) is 65.2 Å². The van der Waals surface area contributed by atoms with Gasteiger partial charge in [-0.05, 0) is 37.5 Å². The Morgan fingerprint density at radius 2 is 2.06 bits per heavy atom. The van der Waals surface area contributed by atoms with Crippen molar-refractivity contribution in [1.82, 2.24) is 0 Å². The van der Waals surface area contributed by atoms with Gasteiger partial charge in [0.05, 0.1) is 6.10 Å². The zero-order valence-corrected chi connectivity index (χ0v) is 11.8. The Labute approximate surface area is 109 Å². The van der Waals surface area contributed by atoms with E-state index in [1.54, 1.807) is 0 Å². The minimum absolute atomic E-state index is 0.0474. The minimum atomic E-state index is -0.934. The van der Waals surface area contributed by atoms with Crippen LogP contribution in [0, 0.1) is 16.7 Å². The highest BCUT2D eigenvalue weighted by atomic mass is 16.5. The molecule has 2 bridgehead atoms. The van der Waals surface area contributed by atoms with Gasteiger partial charge in [0, 0.05) is 5.41 Å². The topological polar surface area (TPSA) is 72.5 Å². The van der Waals surface area contributed by atoms with Crippen molar-refractivity contribution in [1.29, 1.82) is 0 Å². The number of hydrogen-bond donors (Lipinski definition) is 2. The van der Waals surface area contributed by atoms with E-state index in [4.69, 9.17) is 10.5 Å². The Balaban J connectivity index is 2.07. The number of nitrogens with two attached hydrogens (primary N) is 1. The third-order valence-electron chi connectivity index (χ3n) is 5.76. The molecule has 5 atom stereocenters. The van der Waals surface area contributed by atoms with Crippen molar-refractivity contribution in [3.05, 3.63) is 0 Å². The Morgan fingerprint density at radius 1 is 1.44 bits per heavy atom. The molecule has 0 saturated heterocycles. The van der Waals surface area contributed by atoms with Gasteiger partial charge < -0.3 is 15.6 Å². The zero-order chi connectivity index (χ0) is 13.7. The van der Waals surface area contributed by atoms with E-state index in [1.165, 1.54) is 13.3 Å². The summed E-state index contributed by atoms with van der Waals surface area (Å²) in [6, 6.07) is -0.934. The highest BCUT2D eigenvalue weighted by molar-refractivity contribution is 5.76. The van der Waals surface area contributed by atoms with Crippen LogP contribution in [0.4, 0.5) is 0 Å².